The van der Waals surface area contributed by atoms with Crippen molar-refractivity contribution in [3.8, 4) is 16.8 Å². The van der Waals surface area contributed by atoms with Gasteiger partial charge in [-0.3, -0.25) is 4.57 Å². The van der Waals surface area contributed by atoms with E-state index in [1.165, 1.54) is 43.9 Å². The van der Waals surface area contributed by atoms with E-state index in [2.05, 4.69) is 103 Å². The molecule has 1 aliphatic rings. The lowest BCUT2D eigenvalue weighted by Crippen LogP contribution is -2.15. The number of furan rings is 1. The molecule has 7 rings (SSSR count). The summed E-state index contributed by atoms with van der Waals surface area (Å²) in [6, 6.07) is 32.6. The van der Waals surface area contributed by atoms with Crippen molar-refractivity contribution in [1.29, 1.82) is 0 Å². The van der Waals surface area contributed by atoms with Gasteiger partial charge in [-0.05, 0) is 46.5 Å². The minimum Gasteiger partial charge on any atom is -0.439 e. The summed E-state index contributed by atoms with van der Waals surface area (Å²) < 4.78 is 8.70. The van der Waals surface area contributed by atoms with Gasteiger partial charge in [0.2, 0.25) is 5.71 Å². The van der Waals surface area contributed by atoms with Crippen molar-refractivity contribution in [2.24, 2.45) is 0 Å². The van der Waals surface area contributed by atoms with Crippen LogP contribution in [0.15, 0.2) is 95.4 Å². The highest BCUT2D eigenvalue weighted by Gasteiger charge is 2.35. The van der Waals surface area contributed by atoms with E-state index < -0.39 is 0 Å². The molecule has 2 aromatic heterocycles. The van der Waals surface area contributed by atoms with Crippen LogP contribution in [-0.2, 0) is 5.41 Å². The predicted molar refractivity (Wildman–Crippen MR) is 128 cm³/mol. The van der Waals surface area contributed by atoms with Crippen molar-refractivity contribution in [2.45, 2.75) is 19.3 Å². The fraction of sp³-hybridized carbons (Fsp3) is 0.103. The zero-order valence-electron chi connectivity index (χ0n) is 17.5. The molecule has 0 unspecified atom stereocenters. The van der Waals surface area contributed by atoms with Gasteiger partial charge in [0.05, 0.1) is 10.9 Å². The smallest absolute Gasteiger partial charge is 0.213 e. The van der Waals surface area contributed by atoms with Crippen LogP contribution in [0.3, 0.4) is 0 Å². The first kappa shape index (κ1) is 17.0. The van der Waals surface area contributed by atoms with Crippen molar-refractivity contribution < 1.29 is 4.42 Å². The molecule has 2 heteroatoms. The molecular weight excluding hydrogens is 378 g/mol. The molecule has 0 amide bonds. The fourth-order valence-corrected chi connectivity index (χ4v) is 5.53. The van der Waals surface area contributed by atoms with E-state index >= 15 is 0 Å². The van der Waals surface area contributed by atoms with Crippen molar-refractivity contribution in [3.05, 3.63) is 102 Å². The van der Waals surface area contributed by atoms with E-state index in [1.54, 1.807) is 0 Å². The Hall–Kier alpha value is -3.78. The molecule has 4 aromatic carbocycles. The zero-order valence-corrected chi connectivity index (χ0v) is 17.5. The van der Waals surface area contributed by atoms with Crippen LogP contribution in [0.25, 0.3) is 49.8 Å². The summed E-state index contributed by atoms with van der Waals surface area (Å²) in [5.41, 5.74) is 9.58. The van der Waals surface area contributed by atoms with Gasteiger partial charge in [-0.25, -0.2) is 0 Å². The second-order valence-electron chi connectivity index (χ2n) is 9.03. The van der Waals surface area contributed by atoms with Gasteiger partial charge in [0, 0.05) is 21.9 Å². The summed E-state index contributed by atoms with van der Waals surface area (Å²) in [7, 11) is 0. The van der Waals surface area contributed by atoms with E-state index in [0.717, 1.165) is 17.0 Å². The van der Waals surface area contributed by atoms with Crippen molar-refractivity contribution in [2.75, 3.05) is 0 Å². The molecule has 0 saturated carbocycles. The van der Waals surface area contributed by atoms with E-state index in [4.69, 9.17) is 4.42 Å². The molecule has 1 aliphatic carbocycles. The minimum atomic E-state index is -0.0299. The van der Waals surface area contributed by atoms with E-state index in [0.29, 0.717) is 0 Å². The Labute approximate surface area is 180 Å². The van der Waals surface area contributed by atoms with E-state index in [1.807, 2.05) is 6.07 Å². The third-order valence-electron chi connectivity index (χ3n) is 7.02. The van der Waals surface area contributed by atoms with Gasteiger partial charge in [0.1, 0.15) is 5.58 Å². The zero-order chi connectivity index (χ0) is 20.7. The first-order chi connectivity index (χ1) is 15.1. The Balaban J connectivity index is 1.58. The van der Waals surface area contributed by atoms with Crippen LogP contribution < -0.4 is 0 Å². The third kappa shape index (κ3) is 2.07. The first-order valence-corrected chi connectivity index (χ1v) is 10.8. The summed E-state index contributed by atoms with van der Waals surface area (Å²) in [6.45, 7) is 4.65. The second kappa shape index (κ2) is 5.67. The van der Waals surface area contributed by atoms with Gasteiger partial charge in [-0.15, -0.1) is 0 Å². The van der Waals surface area contributed by atoms with Gasteiger partial charge >= 0.3 is 0 Å². The number of hydrogen-bond acceptors (Lipinski definition) is 1. The van der Waals surface area contributed by atoms with Gasteiger partial charge in [0.25, 0.3) is 0 Å². The van der Waals surface area contributed by atoms with Gasteiger partial charge in [-0.2, -0.15) is 0 Å². The standard InChI is InChI=1S/C29H21NO/c1-29(2)23-12-6-3-9-19(23)20-16-15-18(17-24(20)29)30-25-13-7-4-10-21(25)27-22-11-5-8-14-26(22)31-28(27)30/h3-17H,1-2H3. The Bertz CT molecular complexity index is 1660. The lowest BCUT2D eigenvalue weighted by molar-refractivity contribution is 0.643. The van der Waals surface area contributed by atoms with Crippen molar-refractivity contribution in [3.63, 3.8) is 0 Å². The van der Waals surface area contributed by atoms with Crippen LogP contribution in [0.2, 0.25) is 0 Å². The maximum Gasteiger partial charge on any atom is 0.213 e. The highest BCUT2D eigenvalue weighted by Crippen LogP contribution is 2.49. The topological polar surface area (TPSA) is 18.1 Å². The van der Waals surface area contributed by atoms with Crippen molar-refractivity contribution in [1.82, 2.24) is 4.57 Å². The van der Waals surface area contributed by atoms with Gasteiger partial charge in [0.15, 0.2) is 0 Å². The molecule has 6 aromatic rings. The summed E-state index contributed by atoms with van der Waals surface area (Å²) >= 11 is 0. The lowest BCUT2D eigenvalue weighted by Gasteiger charge is -2.22. The number of nitrogens with zero attached hydrogens (tertiary/aromatic N) is 1. The van der Waals surface area contributed by atoms with Crippen LogP contribution in [0.1, 0.15) is 25.0 Å². The summed E-state index contributed by atoms with van der Waals surface area (Å²) in [4.78, 5) is 0. The monoisotopic (exact) mass is 399 g/mol. The van der Waals surface area contributed by atoms with Gasteiger partial charge in [-0.1, -0.05) is 80.6 Å². The Morgan fingerprint density at radius 1 is 0.677 bits per heavy atom. The number of benzene rings is 4. The maximum atomic E-state index is 6.42. The summed E-state index contributed by atoms with van der Waals surface area (Å²) in [5.74, 6) is 0. The fourth-order valence-electron chi connectivity index (χ4n) is 5.53. The SMILES string of the molecule is CC1(C)c2ccccc2-c2ccc(-n3c4ccccc4c4c5ccccc5oc43)cc21. The largest absolute Gasteiger partial charge is 0.439 e. The molecule has 148 valence electrons. The predicted octanol–water partition coefficient (Wildman–Crippen LogP) is 7.84. The van der Waals surface area contributed by atoms with Crippen LogP contribution in [0.4, 0.5) is 0 Å². The average Bonchev–Trinajstić information content (AvgIpc) is 3.40. The molecule has 0 aliphatic heterocycles. The van der Waals surface area contributed by atoms with Crippen molar-refractivity contribution >= 4 is 33.0 Å². The molecular formula is C29H21NO. The molecule has 0 radical (unpaired) electrons. The Morgan fingerprint density at radius 2 is 1.39 bits per heavy atom. The normalized spacial score (nSPS) is 14.4. The highest BCUT2D eigenvalue weighted by molar-refractivity contribution is 6.19. The third-order valence-corrected chi connectivity index (χ3v) is 7.02. The molecule has 2 nitrogen and oxygen atoms in total. The Morgan fingerprint density at radius 3 is 2.29 bits per heavy atom. The number of fused-ring (bicyclic) bond motifs is 8. The van der Waals surface area contributed by atoms with Crippen LogP contribution in [0.5, 0.6) is 0 Å². The average molecular weight is 399 g/mol. The van der Waals surface area contributed by atoms with Crippen LogP contribution >= 0.6 is 0 Å². The second-order valence-corrected chi connectivity index (χ2v) is 9.03. The number of rotatable bonds is 1. The van der Waals surface area contributed by atoms with Crippen LogP contribution in [-0.4, -0.2) is 4.57 Å². The molecule has 0 N–H and O–H groups in total. The maximum absolute atomic E-state index is 6.42. The molecule has 0 fully saturated rings. The molecule has 2 heterocycles. The molecule has 0 saturated heterocycles. The molecule has 0 bridgehead atoms. The van der Waals surface area contributed by atoms with E-state index in [9.17, 15) is 0 Å². The summed E-state index contributed by atoms with van der Waals surface area (Å²) in [5, 5.41) is 3.58. The number of para-hydroxylation sites is 2. The molecule has 0 spiro atoms. The van der Waals surface area contributed by atoms with Crippen LogP contribution in [0, 0.1) is 0 Å². The first-order valence-electron chi connectivity index (χ1n) is 10.8. The van der Waals surface area contributed by atoms with Gasteiger partial charge < -0.3 is 4.42 Å². The number of aromatic nitrogens is 1. The van der Waals surface area contributed by atoms with E-state index in [-0.39, 0.29) is 5.41 Å². The summed E-state index contributed by atoms with van der Waals surface area (Å²) in [6.07, 6.45) is 0. The lowest BCUT2D eigenvalue weighted by atomic mass is 9.82. The quantitative estimate of drug-likeness (QED) is 0.275. The molecule has 0 atom stereocenters. The molecule has 31 heavy (non-hydrogen) atoms. The number of hydrogen-bond donors (Lipinski definition) is 0. The highest BCUT2D eigenvalue weighted by atomic mass is 16.3. The Kier molecular flexibility index (Phi) is 3.10. The minimum absolute atomic E-state index is 0.0299.